The van der Waals surface area contributed by atoms with Gasteiger partial charge in [0.1, 0.15) is 11.5 Å². The van der Waals surface area contributed by atoms with E-state index >= 15 is 0 Å². The third-order valence-corrected chi connectivity index (χ3v) is 3.19. The van der Waals surface area contributed by atoms with E-state index in [0.717, 1.165) is 12.8 Å². The van der Waals surface area contributed by atoms with Crippen molar-refractivity contribution in [1.29, 1.82) is 0 Å². The minimum absolute atomic E-state index is 0.188. The van der Waals surface area contributed by atoms with Crippen molar-refractivity contribution in [3.63, 3.8) is 0 Å². The van der Waals surface area contributed by atoms with Crippen LogP contribution >= 0.6 is 0 Å². The second kappa shape index (κ2) is 4.40. The maximum Gasteiger partial charge on any atom is 0.350 e. The number of aromatic amines is 1. The minimum Gasteiger partial charge on any atom is -0.346 e. The summed E-state index contributed by atoms with van der Waals surface area (Å²) in [6, 6.07) is 1.45. The quantitative estimate of drug-likeness (QED) is 0.671. The molecule has 7 heteroatoms. The lowest BCUT2D eigenvalue weighted by Crippen LogP contribution is -2.03. The molecule has 2 aromatic heterocycles. The zero-order chi connectivity index (χ0) is 12.5. The number of nitrogens with one attached hydrogen (secondary N) is 1. The van der Waals surface area contributed by atoms with E-state index in [2.05, 4.69) is 15.0 Å². The molecule has 0 aromatic carbocycles. The zero-order valence-corrected chi connectivity index (χ0v) is 10.1. The fourth-order valence-corrected chi connectivity index (χ4v) is 2.23. The van der Waals surface area contributed by atoms with Gasteiger partial charge < -0.3 is 4.98 Å². The molecule has 0 bridgehead atoms. The summed E-state index contributed by atoms with van der Waals surface area (Å²) in [6.45, 7) is 2.00. The molecule has 0 saturated heterocycles. The molecule has 0 aliphatic carbocycles. The second-order valence-electron chi connectivity index (χ2n) is 3.73. The standard InChI is InChI=1S/C10H12FN3O2S/c1-2-3-4-8-13-9-7(5-6-12-9)10(14-8)17(11,15)16/h5-6H,2-4H2,1H3,(H,12,13,14). The molecule has 0 amide bonds. The van der Waals surface area contributed by atoms with Gasteiger partial charge in [-0.15, -0.1) is 0 Å². The van der Waals surface area contributed by atoms with Gasteiger partial charge in [-0.1, -0.05) is 17.2 Å². The van der Waals surface area contributed by atoms with Crippen molar-refractivity contribution in [1.82, 2.24) is 15.0 Å². The minimum atomic E-state index is -4.82. The number of rotatable bonds is 4. The Labute approximate surface area is 98.3 Å². The van der Waals surface area contributed by atoms with E-state index in [0.29, 0.717) is 17.9 Å². The van der Waals surface area contributed by atoms with Crippen LogP contribution in [0.4, 0.5) is 3.89 Å². The third kappa shape index (κ3) is 2.44. The van der Waals surface area contributed by atoms with E-state index in [4.69, 9.17) is 0 Å². The Bertz CT molecular complexity index is 636. The molecule has 0 radical (unpaired) electrons. The molecule has 0 unspecified atom stereocenters. The lowest BCUT2D eigenvalue weighted by Gasteiger charge is -2.02. The van der Waals surface area contributed by atoms with Crippen molar-refractivity contribution in [2.45, 2.75) is 31.2 Å². The van der Waals surface area contributed by atoms with Crippen LogP contribution in [0, 0.1) is 0 Å². The molecule has 17 heavy (non-hydrogen) atoms. The second-order valence-corrected chi connectivity index (χ2v) is 4.99. The van der Waals surface area contributed by atoms with Gasteiger partial charge in [-0.25, -0.2) is 9.97 Å². The molecule has 2 heterocycles. The van der Waals surface area contributed by atoms with E-state index in [9.17, 15) is 12.3 Å². The smallest absolute Gasteiger partial charge is 0.346 e. The van der Waals surface area contributed by atoms with Gasteiger partial charge in [-0.05, 0) is 12.5 Å². The van der Waals surface area contributed by atoms with Gasteiger partial charge in [-0.2, -0.15) is 8.42 Å². The number of fused-ring (bicyclic) bond motifs is 1. The van der Waals surface area contributed by atoms with Gasteiger partial charge in [-0.3, -0.25) is 0 Å². The van der Waals surface area contributed by atoms with Gasteiger partial charge >= 0.3 is 10.2 Å². The molecule has 0 saturated carbocycles. The Hall–Kier alpha value is -1.50. The van der Waals surface area contributed by atoms with Gasteiger partial charge in [0.2, 0.25) is 0 Å². The molecule has 0 fully saturated rings. The predicted octanol–water partition coefficient (Wildman–Crippen LogP) is 1.96. The van der Waals surface area contributed by atoms with E-state index in [1.165, 1.54) is 12.3 Å². The molecule has 2 rings (SSSR count). The van der Waals surface area contributed by atoms with Crippen molar-refractivity contribution < 1.29 is 12.3 Å². The van der Waals surface area contributed by atoms with Crippen LogP contribution in [0.15, 0.2) is 17.3 Å². The molecule has 0 spiro atoms. The average Bonchev–Trinajstić information content (AvgIpc) is 2.71. The Morgan fingerprint density at radius 1 is 1.41 bits per heavy atom. The largest absolute Gasteiger partial charge is 0.350 e. The summed E-state index contributed by atoms with van der Waals surface area (Å²) in [5, 5.41) is -0.359. The van der Waals surface area contributed by atoms with Crippen LogP contribution in [0.25, 0.3) is 11.0 Å². The normalized spacial score (nSPS) is 12.1. The number of H-pyrrole nitrogens is 1. The first kappa shape index (κ1) is 12.0. The van der Waals surface area contributed by atoms with E-state index in [1.54, 1.807) is 0 Å². The molecule has 0 aliphatic rings. The van der Waals surface area contributed by atoms with Gasteiger partial charge in [0, 0.05) is 12.6 Å². The fourth-order valence-electron chi connectivity index (χ4n) is 1.59. The summed E-state index contributed by atoms with van der Waals surface area (Å²) < 4.78 is 35.1. The summed E-state index contributed by atoms with van der Waals surface area (Å²) in [4.78, 5) is 10.7. The number of aryl methyl sites for hydroxylation is 1. The van der Waals surface area contributed by atoms with Crippen LogP contribution in [0.5, 0.6) is 0 Å². The first-order chi connectivity index (χ1) is 8.02. The predicted molar refractivity (Wildman–Crippen MR) is 60.8 cm³/mol. The summed E-state index contributed by atoms with van der Waals surface area (Å²) in [7, 11) is -4.82. The van der Waals surface area contributed by atoms with Gasteiger partial charge in [0.15, 0.2) is 5.03 Å². The Kier molecular flexibility index (Phi) is 3.10. The monoisotopic (exact) mass is 257 g/mol. The molecule has 0 aliphatic heterocycles. The molecule has 1 N–H and O–H groups in total. The van der Waals surface area contributed by atoms with Crippen LogP contribution in [0.3, 0.4) is 0 Å². The summed E-state index contributed by atoms with van der Waals surface area (Å²) >= 11 is 0. The molecule has 5 nitrogen and oxygen atoms in total. The Morgan fingerprint density at radius 2 is 2.18 bits per heavy atom. The van der Waals surface area contributed by atoms with Crippen LogP contribution in [0.1, 0.15) is 25.6 Å². The highest BCUT2D eigenvalue weighted by atomic mass is 32.3. The topological polar surface area (TPSA) is 75.7 Å². The lowest BCUT2D eigenvalue weighted by atomic mass is 10.2. The fraction of sp³-hybridized carbons (Fsp3) is 0.400. The lowest BCUT2D eigenvalue weighted by molar-refractivity contribution is 0.547. The SMILES string of the molecule is CCCCc1nc(S(=O)(=O)F)c2cc[nH]c2n1. The molecular formula is C10H12FN3O2S. The number of halogens is 1. The number of aromatic nitrogens is 3. The number of hydrogen-bond acceptors (Lipinski definition) is 4. The van der Waals surface area contributed by atoms with Crippen molar-refractivity contribution in [2.24, 2.45) is 0 Å². The van der Waals surface area contributed by atoms with Crippen molar-refractivity contribution >= 4 is 21.3 Å². The highest BCUT2D eigenvalue weighted by Crippen LogP contribution is 2.21. The first-order valence-corrected chi connectivity index (χ1v) is 6.69. The molecule has 0 atom stereocenters. The summed E-state index contributed by atoms with van der Waals surface area (Å²) in [5.41, 5.74) is 0.349. The summed E-state index contributed by atoms with van der Waals surface area (Å²) in [5.74, 6) is 0.345. The highest BCUT2D eigenvalue weighted by Gasteiger charge is 2.20. The van der Waals surface area contributed by atoms with Crippen molar-refractivity contribution in [2.75, 3.05) is 0 Å². The Morgan fingerprint density at radius 3 is 2.82 bits per heavy atom. The summed E-state index contributed by atoms with van der Waals surface area (Å²) in [6.07, 6.45) is 3.81. The zero-order valence-electron chi connectivity index (χ0n) is 9.27. The Balaban J connectivity index is 2.59. The van der Waals surface area contributed by atoms with Crippen LogP contribution < -0.4 is 0 Å². The van der Waals surface area contributed by atoms with Crippen LogP contribution in [0.2, 0.25) is 0 Å². The number of nitrogens with zero attached hydrogens (tertiary/aromatic N) is 2. The number of hydrogen-bond donors (Lipinski definition) is 1. The maximum atomic E-state index is 13.1. The maximum absolute atomic E-state index is 13.1. The van der Waals surface area contributed by atoms with Gasteiger partial charge in [0.25, 0.3) is 0 Å². The van der Waals surface area contributed by atoms with E-state index < -0.39 is 15.2 Å². The highest BCUT2D eigenvalue weighted by molar-refractivity contribution is 7.86. The van der Waals surface area contributed by atoms with Gasteiger partial charge in [0.05, 0.1) is 5.39 Å². The third-order valence-electron chi connectivity index (χ3n) is 2.41. The number of unbranched alkanes of at least 4 members (excludes halogenated alkanes) is 1. The van der Waals surface area contributed by atoms with Crippen molar-refractivity contribution in [3.8, 4) is 0 Å². The van der Waals surface area contributed by atoms with Crippen molar-refractivity contribution in [3.05, 3.63) is 18.1 Å². The molecule has 92 valence electrons. The first-order valence-electron chi connectivity index (χ1n) is 5.31. The molecular weight excluding hydrogens is 245 g/mol. The van der Waals surface area contributed by atoms with Crippen LogP contribution in [-0.2, 0) is 16.6 Å². The van der Waals surface area contributed by atoms with Crippen LogP contribution in [-0.4, -0.2) is 23.4 Å². The molecule has 2 aromatic rings. The van der Waals surface area contributed by atoms with E-state index in [1.807, 2.05) is 6.92 Å². The van der Waals surface area contributed by atoms with E-state index in [-0.39, 0.29) is 5.39 Å². The average molecular weight is 257 g/mol.